The summed E-state index contributed by atoms with van der Waals surface area (Å²) in [5, 5.41) is 6.09. The van der Waals surface area contributed by atoms with Crippen LogP contribution in [0.1, 0.15) is 17.0 Å². The van der Waals surface area contributed by atoms with Gasteiger partial charge in [0.05, 0.1) is 10.9 Å². The summed E-state index contributed by atoms with van der Waals surface area (Å²) < 4.78 is 3.35. The molecule has 0 atom stereocenters. The Labute approximate surface area is 154 Å². The minimum atomic E-state index is -0.0638. The van der Waals surface area contributed by atoms with E-state index in [1.165, 1.54) is 16.5 Å². The first kappa shape index (κ1) is 15.7. The number of hydrogen-bond donors (Lipinski definition) is 1. The number of fused-ring (bicyclic) bond motifs is 4. The van der Waals surface area contributed by atoms with E-state index < -0.39 is 0 Å². The second-order valence-corrected chi connectivity index (χ2v) is 6.86. The number of aromatic nitrogens is 6. The fourth-order valence-corrected chi connectivity index (χ4v) is 3.58. The highest BCUT2D eigenvalue weighted by atomic mass is 16.1. The lowest BCUT2D eigenvalue weighted by Gasteiger charge is -2.07. The maximum atomic E-state index is 12.9. The summed E-state index contributed by atoms with van der Waals surface area (Å²) in [5.41, 5.74) is 4.22. The molecule has 0 unspecified atom stereocenters. The summed E-state index contributed by atoms with van der Waals surface area (Å²) in [4.78, 5) is 24.7. The minimum absolute atomic E-state index is 0.0638. The van der Waals surface area contributed by atoms with Gasteiger partial charge < -0.3 is 9.55 Å². The molecule has 0 bridgehead atoms. The molecule has 4 heterocycles. The van der Waals surface area contributed by atoms with Gasteiger partial charge in [-0.05, 0) is 44.0 Å². The van der Waals surface area contributed by atoms with E-state index >= 15 is 0 Å². The zero-order valence-electron chi connectivity index (χ0n) is 15.1. The van der Waals surface area contributed by atoms with Crippen LogP contribution in [0.2, 0.25) is 0 Å². The Morgan fingerprint density at radius 1 is 1.15 bits per heavy atom. The zero-order valence-corrected chi connectivity index (χ0v) is 15.1. The van der Waals surface area contributed by atoms with Crippen LogP contribution in [0.15, 0.2) is 47.7 Å². The number of nitrogens with one attached hydrogen (secondary N) is 1. The predicted octanol–water partition coefficient (Wildman–Crippen LogP) is 2.78. The molecule has 27 heavy (non-hydrogen) atoms. The first-order chi connectivity index (χ1) is 13.1. The van der Waals surface area contributed by atoms with Gasteiger partial charge >= 0.3 is 0 Å². The van der Waals surface area contributed by atoms with Crippen LogP contribution >= 0.6 is 0 Å². The lowest BCUT2D eigenvalue weighted by Crippen LogP contribution is -2.21. The lowest BCUT2D eigenvalue weighted by molar-refractivity contribution is 0.676. The van der Waals surface area contributed by atoms with Gasteiger partial charge in [-0.15, -0.1) is 5.10 Å². The van der Waals surface area contributed by atoms with Gasteiger partial charge in [0, 0.05) is 36.0 Å². The van der Waals surface area contributed by atoms with Crippen LogP contribution < -0.4 is 5.56 Å². The molecular formula is C20H18N6O. The topological polar surface area (TPSA) is 80.9 Å². The van der Waals surface area contributed by atoms with Crippen LogP contribution in [-0.4, -0.2) is 29.1 Å². The normalized spacial score (nSPS) is 11.8. The average molecular weight is 358 g/mol. The van der Waals surface area contributed by atoms with Crippen molar-refractivity contribution in [2.45, 2.75) is 26.8 Å². The maximum absolute atomic E-state index is 12.9. The van der Waals surface area contributed by atoms with Crippen LogP contribution in [0.4, 0.5) is 0 Å². The van der Waals surface area contributed by atoms with E-state index in [0.29, 0.717) is 23.5 Å². The van der Waals surface area contributed by atoms with Crippen LogP contribution in [0.25, 0.3) is 27.6 Å². The Bertz CT molecular complexity index is 1370. The van der Waals surface area contributed by atoms with Crippen molar-refractivity contribution in [2.75, 3.05) is 0 Å². The second kappa shape index (κ2) is 5.77. The zero-order chi connectivity index (χ0) is 18.5. The molecule has 4 aromatic heterocycles. The molecule has 7 heteroatoms. The van der Waals surface area contributed by atoms with Crippen molar-refractivity contribution >= 4 is 27.6 Å². The van der Waals surface area contributed by atoms with Crippen molar-refractivity contribution in [3.63, 3.8) is 0 Å². The van der Waals surface area contributed by atoms with Crippen LogP contribution in [0.3, 0.4) is 0 Å². The van der Waals surface area contributed by atoms with E-state index in [0.717, 1.165) is 17.5 Å². The minimum Gasteiger partial charge on any atom is -0.361 e. The number of benzene rings is 1. The molecule has 0 spiro atoms. The van der Waals surface area contributed by atoms with Crippen molar-refractivity contribution < 1.29 is 0 Å². The van der Waals surface area contributed by atoms with Gasteiger partial charge in [-0.2, -0.15) is 9.50 Å². The van der Waals surface area contributed by atoms with E-state index in [1.54, 1.807) is 15.3 Å². The summed E-state index contributed by atoms with van der Waals surface area (Å²) in [6, 6.07) is 8.26. The van der Waals surface area contributed by atoms with E-state index in [4.69, 9.17) is 0 Å². The largest absolute Gasteiger partial charge is 0.361 e. The highest BCUT2D eigenvalue weighted by Crippen LogP contribution is 2.20. The molecule has 0 aliphatic carbocycles. The monoisotopic (exact) mass is 358 g/mol. The van der Waals surface area contributed by atoms with E-state index in [1.807, 2.05) is 25.4 Å². The molecule has 1 aromatic carbocycles. The third-order valence-corrected chi connectivity index (χ3v) is 4.96. The van der Waals surface area contributed by atoms with Gasteiger partial charge in [0.25, 0.3) is 11.3 Å². The molecule has 134 valence electrons. The quantitative estimate of drug-likeness (QED) is 0.538. The van der Waals surface area contributed by atoms with Crippen LogP contribution in [0.5, 0.6) is 0 Å². The summed E-state index contributed by atoms with van der Waals surface area (Å²) in [6.45, 7) is 4.50. The Balaban J connectivity index is 1.53. The van der Waals surface area contributed by atoms with Gasteiger partial charge in [-0.1, -0.05) is 11.6 Å². The van der Waals surface area contributed by atoms with E-state index in [9.17, 15) is 4.79 Å². The molecule has 5 rings (SSSR count). The molecule has 1 N–H and O–H groups in total. The molecule has 0 aliphatic rings. The molecule has 5 aromatic rings. The molecular weight excluding hydrogens is 340 g/mol. The second-order valence-electron chi connectivity index (χ2n) is 6.86. The predicted molar refractivity (Wildman–Crippen MR) is 104 cm³/mol. The van der Waals surface area contributed by atoms with E-state index in [-0.39, 0.29) is 5.56 Å². The average Bonchev–Trinajstić information content (AvgIpc) is 3.23. The van der Waals surface area contributed by atoms with Gasteiger partial charge in [0.15, 0.2) is 0 Å². The summed E-state index contributed by atoms with van der Waals surface area (Å²) in [7, 11) is 0. The van der Waals surface area contributed by atoms with Crippen molar-refractivity contribution in [1.29, 1.82) is 0 Å². The fraction of sp³-hybridized carbons (Fsp3) is 0.200. The van der Waals surface area contributed by atoms with Crippen molar-refractivity contribution in [2.24, 2.45) is 0 Å². The van der Waals surface area contributed by atoms with E-state index in [2.05, 4.69) is 45.2 Å². The number of nitrogens with zero attached hydrogens (tertiary/aromatic N) is 5. The van der Waals surface area contributed by atoms with Gasteiger partial charge in [0.2, 0.25) is 0 Å². The van der Waals surface area contributed by atoms with Gasteiger partial charge in [-0.3, -0.25) is 4.79 Å². The number of hydrogen-bond acceptors (Lipinski definition) is 4. The molecule has 0 saturated carbocycles. The number of pyridine rings is 1. The first-order valence-corrected chi connectivity index (χ1v) is 8.88. The molecule has 0 amide bonds. The number of aromatic amines is 1. The standard InChI is InChI=1S/C20H18N6O/c1-12-3-4-17-15(9-12)14(10-21-17)5-7-25-8-6-18-16(19(25)27)11-22-20-23-13(2)24-26(18)20/h3-4,6,8-11,21H,5,7H2,1-2H3. The van der Waals surface area contributed by atoms with Gasteiger partial charge in [-0.25, -0.2) is 4.98 Å². The van der Waals surface area contributed by atoms with Crippen molar-refractivity contribution in [3.05, 3.63) is 70.2 Å². The van der Waals surface area contributed by atoms with Crippen molar-refractivity contribution in [3.8, 4) is 0 Å². The maximum Gasteiger partial charge on any atom is 0.261 e. The number of H-pyrrole nitrogens is 1. The third kappa shape index (κ3) is 2.51. The highest BCUT2D eigenvalue weighted by Gasteiger charge is 2.11. The first-order valence-electron chi connectivity index (χ1n) is 8.88. The summed E-state index contributed by atoms with van der Waals surface area (Å²) in [5.74, 6) is 1.14. The molecule has 7 nitrogen and oxygen atoms in total. The molecule has 0 radical (unpaired) electrons. The van der Waals surface area contributed by atoms with Crippen LogP contribution in [0, 0.1) is 13.8 Å². The Morgan fingerprint density at radius 2 is 2.04 bits per heavy atom. The fourth-order valence-electron chi connectivity index (χ4n) is 3.58. The highest BCUT2D eigenvalue weighted by molar-refractivity contribution is 5.84. The smallest absolute Gasteiger partial charge is 0.261 e. The van der Waals surface area contributed by atoms with Gasteiger partial charge in [0.1, 0.15) is 5.82 Å². The Kier molecular flexibility index (Phi) is 3.36. The summed E-state index contributed by atoms with van der Waals surface area (Å²) >= 11 is 0. The lowest BCUT2D eigenvalue weighted by atomic mass is 10.1. The number of aryl methyl sites for hydroxylation is 4. The van der Waals surface area contributed by atoms with Crippen molar-refractivity contribution in [1.82, 2.24) is 29.1 Å². The Morgan fingerprint density at radius 3 is 2.93 bits per heavy atom. The molecule has 0 fully saturated rings. The SMILES string of the molecule is Cc1ccc2[nH]cc(CCn3ccc4c(cnc5nc(C)nn54)c3=O)c2c1. The van der Waals surface area contributed by atoms with Crippen LogP contribution in [-0.2, 0) is 13.0 Å². The summed E-state index contributed by atoms with van der Waals surface area (Å²) in [6.07, 6.45) is 6.21. The molecule has 0 aliphatic heterocycles. The third-order valence-electron chi connectivity index (χ3n) is 4.96. The molecule has 0 saturated heterocycles. The number of rotatable bonds is 3. The Hall–Kier alpha value is -3.48.